The van der Waals surface area contributed by atoms with Crippen molar-refractivity contribution in [3.8, 4) is 0 Å². The molecular weight excluding hydrogens is 260 g/mol. The van der Waals surface area contributed by atoms with Crippen LogP contribution in [0.4, 0.5) is 5.82 Å². The molecule has 0 aliphatic rings. The van der Waals surface area contributed by atoms with Crippen LogP contribution >= 0.6 is 23.1 Å². The van der Waals surface area contributed by atoms with Gasteiger partial charge in [-0.1, -0.05) is 23.0 Å². The molecule has 0 aliphatic heterocycles. The van der Waals surface area contributed by atoms with Crippen molar-refractivity contribution in [3.05, 3.63) is 33.9 Å². The Bertz CT molecular complexity index is 525. The molecule has 2 rings (SSSR count). The van der Waals surface area contributed by atoms with Crippen molar-refractivity contribution in [3.63, 3.8) is 0 Å². The van der Waals surface area contributed by atoms with Crippen molar-refractivity contribution in [2.24, 2.45) is 0 Å². The van der Waals surface area contributed by atoms with Gasteiger partial charge in [0.25, 0.3) is 5.91 Å². The first kappa shape index (κ1) is 11.9. The van der Waals surface area contributed by atoms with Crippen LogP contribution in [-0.2, 0) is 6.42 Å². The van der Waals surface area contributed by atoms with Gasteiger partial charge < -0.3 is 5.32 Å². The summed E-state index contributed by atoms with van der Waals surface area (Å²) in [5, 5.41) is 7.07. The Morgan fingerprint density at radius 2 is 2.35 bits per heavy atom. The molecule has 0 fully saturated rings. The van der Waals surface area contributed by atoms with Gasteiger partial charge >= 0.3 is 0 Å². The van der Waals surface area contributed by atoms with E-state index in [0.717, 1.165) is 11.5 Å². The van der Waals surface area contributed by atoms with Crippen LogP contribution in [0.3, 0.4) is 0 Å². The van der Waals surface area contributed by atoms with E-state index in [9.17, 15) is 4.79 Å². The lowest BCUT2D eigenvalue weighted by Crippen LogP contribution is -2.13. The Hall–Kier alpha value is -1.53. The van der Waals surface area contributed by atoms with Gasteiger partial charge in [-0.3, -0.25) is 4.79 Å². The highest BCUT2D eigenvalue weighted by atomic mass is 35.5. The Morgan fingerprint density at radius 3 is 3.00 bits per heavy atom. The van der Waals surface area contributed by atoms with Crippen molar-refractivity contribution in [2.75, 3.05) is 5.32 Å². The van der Waals surface area contributed by atoms with E-state index in [-0.39, 0.29) is 5.91 Å². The number of carbonyl (C=O) groups is 1. The molecule has 0 aromatic carbocycles. The Morgan fingerprint density at radius 1 is 1.53 bits per heavy atom. The minimum absolute atomic E-state index is 0.244. The molecule has 0 aliphatic carbocycles. The smallest absolute Gasteiger partial charge is 0.270 e. The Balaban J connectivity index is 2.14. The maximum absolute atomic E-state index is 11.9. The summed E-state index contributed by atoms with van der Waals surface area (Å²) in [5.74, 6) is 0.210. The Kier molecular flexibility index (Phi) is 3.65. The number of aromatic nitrogens is 3. The van der Waals surface area contributed by atoms with E-state index >= 15 is 0 Å². The van der Waals surface area contributed by atoms with Crippen LogP contribution in [0.5, 0.6) is 0 Å². The number of amides is 1. The molecule has 7 heteroatoms. The number of aryl methyl sites for hydroxylation is 1. The third kappa shape index (κ3) is 2.78. The maximum Gasteiger partial charge on any atom is 0.270 e. The van der Waals surface area contributed by atoms with Crippen LogP contribution in [0.15, 0.2) is 18.3 Å². The Labute approximate surface area is 107 Å². The first-order valence-electron chi connectivity index (χ1n) is 4.95. The van der Waals surface area contributed by atoms with E-state index in [0.29, 0.717) is 27.8 Å². The van der Waals surface area contributed by atoms with E-state index in [4.69, 9.17) is 11.6 Å². The second-order valence-electron chi connectivity index (χ2n) is 3.22. The molecule has 5 nitrogen and oxygen atoms in total. The number of halogens is 1. The molecule has 0 atom stereocenters. The second-order valence-corrected chi connectivity index (χ2v) is 4.41. The van der Waals surface area contributed by atoms with Gasteiger partial charge in [0, 0.05) is 6.20 Å². The third-order valence-electron chi connectivity index (χ3n) is 2.07. The van der Waals surface area contributed by atoms with Crippen molar-refractivity contribution in [2.45, 2.75) is 13.3 Å². The normalized spacial score (nSPS) is 10.2. The SMILES string of the molecule is CCc1nnsc1C(=O)Nc1ccc(Cl)cn1. The van der Waals surface area contributed by atoms with Crippen LogP contribution in [0.25, 0.3) is 0 Å². The fourth-order valence-corrected chi connectivity index (χ4v) is 1.99. The number of anilines is 1. The molecule has 2 heterocycles. The van der Waals surface area contributed by atoms with E-state index in [2.05, 4.69) is 19.9 Å². The average Bonchev–Trinajstić information content (AvgIpc) is 2.80. The third-order valence-corrected chi connectivity index (χ3v) is 3.06. The highest BCUT2D eigenvalue weighted by Crippen LogP contribution is 2.14. The number of nitrogens with one attached hydrogen (secondary N) is 1. The fraction of sp³-hybridized carbons (Fsp3) is 0.200. The van der Waals surface area contributed by atoms with Crippen LogP contribution in [0.1, 0.15) is 22.3 Å². The number of hydrogen-bond acceptors (Lipinski definition) is 5. The average molecular weight is 269 g/mol. The lowest BCUT2D eigenvalue weighted by Gasteiger charge is -2.02. The molecule has 2 aromatic heterocycles. The van der Waals surface area contributed by atoms with Gasteiger partial charge in [0.1, 0.15) is 10.7 Å². The molecule has 0 spiro atoms. The molecule has 0 saturated heterocycles. The summed E-state index contributed by atoms with van der Waals surface area (Å²) in [4.78, 5) is 16.4. The first-order valence-corrected chi connectivity index (χ1v) is 6.10. The summed E-state index contributed by atoms with van der Waals surface area (Å²) in [5.41, 5.74) is 0.696. The summed E-state index contributed by atoms with van der Waals surface area (Å²) in [7, 11) is 0. The first-order chi connectivity index (χ1) is 8.20. The van der Waals surface area contributed by atoms with Gasteiger partial charge in [-0.05, 0) is 30.1 Å². The quantitative estimate of drug-likeness (QED) is 0.928. The van der Waals surface area contributed by atoms with Crippen molar-refractivity contribution >= 4 is 34.9 Å². The minimum atomic E-state index is -0.244. The molecule has 0 saturated carbocycles. The van der Waals surface area contributed by atoms with E-state index in [1.807, 2.05) is 6.92 Å². The van der Waals surface area contributed by atoms with Crippen molar-refractivity contribution in [1.29, 1.82) is 0 Å². The number of carbonyl (C=O) groups excluding carboxylic acids is 1. The van der Waals surface area contributed by atoms with E-state index in [1.54, 1.807) is 12.1 Å². The summed E-state index contributed by atoms with van der Waals surface area (Å²) in [6, 6.07) is 3.30. The molecule has 2 aromatic rings. The highest BCUT2D eigenvalue weighted by Gasteiger charge is 2.15. The molecular formula is C10H9ClN4OS. The van der Waals surface area contributed by atoms with E-state index in [1.165, 1.54) is 6.20 Å². The van der Waals surface area contributed by atoms with E-state index < -0.39 is 0 Å². The maximum atomic E-state index is 11.9. The largest absolute Gasteiger partial charge is 0.306 e. The number of rotatable bonds is 3. The molecule has 1 N–H and O–H groups in total. The van der Waals surface area contributed by atoms with Gasteiger partial charge in [0.05, 0.1) is 10.7 Å². The van der Waals surface area contributed by atoms with Gasteiger partial charge in [0.2, 0.25) is 0 Å². The van der Waals surface area contributed by atoms with Crippen LogP contribution in [0.2, 0.25) is 5.02 Å². The van der Waals surface area contributed by atoms with Gasteiger partial charge in [-0.2, -0.15) is 0 Å². The fourth-order valence-electron chi connectivity index (χ4n) is 1.24. The molecule has 17 heavy (non-hydrogen) atoms. The summed E-state index contributed by atoms with van der Waals surface area (Å²) >= 11 is 6.78. The van der Waals surface area contributed by atoms with Crippen LogP contribution in [-0.4, -0.2) is 20.5 Å². The lowest BCUT2D eigenvalue weighted by atomic mass is 10.3. The zero-order valence-electron chi connectivity index (χ0n) is 8.98. The summed E-state index contributed by atoms with van der Waals surface area (Å²) in [6.45, 7) is 1.92. The molecule has 88 valence electrons. The van der Waals surface area contributed by atoms with Gasteiger partial charge in [-0.25, -0.2) is 4.98 Å². The summed E-state index contributed by atoms with van der Waals surface area (Å²) < 4.78 is 3.76. The summed E-state index contributed by atoms with van der Waals surface area (Å²) in [6.07, 6.45) is 2.15. The molecule has 0 bridgehead atoms. The number of hydrogen-bond donors (Lipinski definition) is 1. The monoisotopic (exact) mass is 268 g/mol. The van der Waals surface area contributed by atoms with Gasteiger partial charge in [-0.15, -0.1) is 5.10 Å². The molecule has 1 amide bonds. The predicted octanol–water partition coefficient (Wildman–Crippen LogP) is 2.40. The zero-order valence-corrected chi connectivity index (χ0v) is 10.5. The number of nitrogens with zero attached hydrogens (tertiary/aromatic N) is 3. The predicted molar refractivity (Wildman–Crippen MR) is 66.5 cm³/mol. The lowest BCUT2D eigenvalue weighted by molar-refractivity contribution is 0.102. The molecule has 0 radical (unpaired) electrons. The van der Waals surface area contributed by atoms with Gasteiger partial charge in [0.15, 0.2) is 0 Å². The van der Waals surface area contributed by atoms with Crippen LogP contribution in [0, 0.1) is 0 Å². The molecule has 0 unspecified atom stereocenters. The number of pyridine rings is 1. The van der Waals surface area contributed by atoms with Crippen molar-refractivity contribution < 1.29 is 4.79 Å². The van der Waals surface area contributed by atoms with Crippen LogP contribution < -0.4 is 5.32 Å². The second kappa shape index (κ2) is 5.20. The standard InChI is InChI=1S/C10H9ClN4OS/c1-2-7-9(17-15-14-7)10(16)13-8-4-3-6(11)5-12-8/h3-5H,2H2,1H3,(H,12,13,16). The minimum Gasteiger partial charge on any atom is -0.306 e. The van der Waals surface area contributed by atoms with Crippen molar-refractivity contribution in [1.82, 2.24) is 14.6 Å². The topological polar surface area (TPSA) is 67.8 Å². The zero-order chi connectivity index (χ0) is 12.3. The highest BCUT2D eigenvalue weighted by molar-refractivity contribution is 7.08.